The van der Waals surface area contributed by atoms with Crippen LogP contribution in [0.15, 0.2) is 71.9 Å². The van der Waals surface area contributed by atoms with Crippen molar-refractivity contribution in [2.75, 3.05) is 16.0 Å². The van der Waals surface area contributed by atoms with Gasteiger partial charge < -0.3 is 16.0 Å². The van der Waals surface area contributed by atoms with Crippen LogP contribution in [0.25, 0.3) is 22.2 Å². The summed E-state index contributed by atoms with van der Waals surface area (Å²) < 4.78 is 18.1. The Hall–Kier alpha value is -5.06. The van der Waals surface area contributed by atoms with E-state index >= 15 is 0 Å². The second kappa shape index (κ2) is 11.1. The third-order valence-corrected chi connectivity index (χ3v) is 6.97. The minimum Gasteiger partial charge on any atom is -0.348 e. The largest absolute Gasteiger partial charge is 0.348 e. The van der Waals surface area contributed by atoms with E-state index in [0.29, 0.717) is 39.4 Å². The number of benzene rings is 2. The highest BCUT2D eigenvalue weighted by Gasteiger charge is 2.18. The lowest BCUT2D eigenvalue weighted by atomic mass is 9.99. The monoisotopic (exact) mass is 568 g/mol. The first-order valence-corrected chi connectivity index (χ1v) is 13.5. The first-order valence-electron chi connectivity index (χ1n) is 13.5. The van der Waals surface area contributed by atoms with Crippen molar-refractivity contribution < 1.29 is 9.18 Å². The number of carbonyl (C=O) groups is 1. The van der Waals surface area contributed by atoms with E-state index in [1.54, 1.807) is 37.1 Å². The van der Waals surface area contributed by atoms with Gasteiger partial charge in [0.2, 0.25) is 5.95 Å². The Labute approximate surface area is 242 Å². The van der Waals surface area contributed by atoms with Gasteiger partial charge in [-0.1, -0.05) is 30.3 Å². The minimum absolute atomic E-state index is 0.0420. The maximum atomic E-state index is 14.9. The van der Waals surface area contributed by atoms with Crippen molar-refractivity contribution in [3.63, 3.8) is 0 Å². The molecule has 0 radical (unpaired) electrons. The van der Waals surface area contributed by atoms with Gasteiger partial charge in [-0.05, 0) is 69.5 Å². The topological polar surface area (TPSA) is 119 Å². The Kier molecular flexibility index (Phi) is 7.51. The quantitative estimate of drug-likeness (QED) is 0.224. The van der Waals surface area contributed by atoms with Gasteiger partial charge in [0.25, 0.3) is 5.56 Å². The van der Waals surface area contributed by atoms with Crippen molar-refractivity contribution in [1.82, 2.24) is 24.3 Å². The zero-order chi connectivity index (χ0) is 30.2. The van der Waals surface area contributed by atoms with Crippen LogP contribution in [0.3, 0.4) is 0 Å². The number of halogens is 1. The van der Waals surface area contributed by atoms with Gasteiger partial charge in [0, 0.05) is 30.4 Å². The lowest BCUT2D eigenvalue weighted by molar-refractivity contribution is 0.262. The van der Waals surface area contributed by atoms with Crippen molar-refractivity contribution in [3.8, 4) is 11.1 Å². The Morgan fingerprint density at radius 1 is 1.02 bits per heavy atom. The molecule has 0 aliphatic carbocycles. The Morgan fingerprint density at radius 3 is 2.45 bits per heavy atom. The van der Waals surface area contributed by atoms with Gasteiger partial charge in [-0.3, -0.25) is 14.0 Å². The van der Waals surface area contributed by atoms with Gasteiger partial charge in [-0.25, -0.2) is 14.2 Å². The molecule has 10 nitrogen and oxygen atoms in total. The SMILES string of the molecule is Cc1cc(F)c(NC(=O)Nc2cnn(C(C)(C)C)c2)cc1-c1cc2cnc(N[C@@H](C)c3ccccc3)nc2n(C)c1=O. The van der Waals surface area contributed by atoms with Crippen LogP contribution in [0.2, 0.25) is 0 Å². The lowest BCUT2D eigenvalue weighted by Gasteiger charge is -2.18. The van der Waals surface area contributed by atoms with Crippen molar-refractivity contribution >= 4 is 34.4 Å². The molecule has 11 heteroatoms. The van der Waals surface area contributed by atoms with Gasteiger partial charge >= 0.3 is 6.03 Å². The van der Waals surface area contributed by atoms with Gasteiger partial charge in [0.15, 0.2) is 0 Å². The number of carbonyl (C=O) groups excluding carboxylic acids is 1. The average molecular weight is 569 g/mol. The van der Waals surface area contributed by atoms with Crippen LogP contribution < -0.4 is 21.5 Å². The predicted molar refractivity (Wildman–Crippen MR) is 163 cm³/mol. The van der Waals surface area contributed by atoms with Crippen LogP contribution in [0.1, 0.15) is 44.9 Å². The normalized spacial score (nSPS) is 12.3. The summed E-state index contributed by atoms with van der Waals surface area (Å²) in [5.41, 5.74) is 2.71. The van der Waals surface area contributed by atoms with Crippen LogP contribution in [-0.2, 0) is 12.6 Å². The van der Waals surface area contributed by atoms with Crippen LogP contribution in [-0.4, -0.2) is 30.3 Å². The number of fused-ring (bicyclic) bond motifs is 1. The third-order valence-electron chi connectivity index (χ3n) is 6.97. The fourth-order valence-electron chi connectivity index (χ4n) is 4.63. The molecule has 5 rings (SSSR count). The van der Waals surface area contributed by atoms with Crippen molar-refractivity contribution in [1.29, 1.82) is 0 Å². The Bertz CT molecular complexity index is 1840. The average Bonchev–Trinajstić information content (AvgIpc) is 3.42. The number of hydrogen-bond donors (Lipinski definition) is 3. The van der Waals surface area contributed by atoms with Gasteiger partial charge in [0.05, 0.1) is 29.2 Å². The summed E-state index contributed by atoms with van der Waals surface area (Å²) in [4.78, 5) is 35.3. The molecule has 42 heavy (non-hydrogen) atoms. The number of amides is 2. The number of hydrogen-bond acceptors (Lipinski definition) is 6. The molecule has 3 aromatic heterocycles. The number of aromatic nitrogens is 5. The Balaban J connectivity index is 1.42. The van der Waals surface area contributed by atoms with Gasteiger partial charge in [0.1, 0.15) is 11.5 Å². The highest BCUT2D eigenvalue weighted by Crippen LogP contribution is 2.29. The molecule has 0 fully saturated rings. The number of rotatable bonds is 6. The van der Waals surface area contributed by atoms with E-state index in [4.69, 9.17) is 0 Å². The van der Waals surface area contributed by atoms with E-state index < -0.39 is 11.8 Å². The summed E-state index contributed by atoms with van der Waals surface area (Å²) in [5.74, 6) is -0.230. The smallest absolute Gasteiger partial charge is 0.323 e. The first-order chi connectivity index (χ1) is 19.9. The molecule has 2 aromatic carbocycles. The summed E-state index contributed by atoms with van der Waals surface area (Å²) in [7, 11) is 1.63. The summed E-state index contributed by atoms with van der Waals surface area (Å²) in [6.45, 7) is 9.67. The summed E-state index contributed by atoms with van der Waals surface area (Å²) in [6.07, 6.45) is 4.86. The molecule has 3 heterocycles. The van der Waals surface area contributed by atoms with Gasteiger partial charge in [-0.15, -0.1) is 0 Å². The summed E-state index contributed by atoms with van der Waals surface area (Å²) >= 11 is 0. The fraction of sp³-hybridized carbons (Fsp3) is 0.258. The van der Waals surface area contributed by atoms with Crippen LogP contribution in [0, 0.1) is 12.7 Å². The zero-order valence-corrected chi connectivity index (χ0v) is 24.4. The van der Waals surface area contributed by atoms with Crippen LogP contribution in [0.4, 0.5) is 26.5 Å². The molecule has 1 atom stereocenters. The molecule has 0 bridgehead atoms. The molecule has 0 saturated carbocycles. The van der Waals surface area contributed by atoms with E-state index in [0.717, 1.165) is 5.56 Å². The van der Waals surface area contributed by atoms with Crippen molar-refractivity contribution in [2.24, 2.45) is 7.05 Å². The van der Waals surface area contributed by atoms with Crippen LogP contribution in [0.5, 0.6) is 0 Å². The number of anilines is 3. The van der Waals surface area contributed by atoms with Crippen molar-refractivity contribution in [2.45, 2.75) is 46.2 Å². The summed E-state index contributed by atoms with van der Waals surface area (Å²) in [5, 5.41) is 13.4. The fourth-order valence-corrected chi connectivity index (χ4v) is 4.63. The highest BCUT2D eigenvalue weighted by atomic mass is 19.1. The van der Waals surface area contributed by atoms with E-state index in [2.05, 4.69) is 31.0 Å². The molecule has 2 amide bonds. The molecular formula is C31H33FN8O2. The van der Waals surface area contributed by atoms with Crippen LogP contribution >= 0.6 is 0 Å². The number of pyridine rings is 1. The van der Waals surface area contributed by atoms with Gasteiger partial charge in [-0.2, -0.15) is 10.1 Å². The highest BCUT2D eigenvalue weighted by molar-refractivity contribution is 6.00. The van der Waals surface area contributed by atoms with E-state index in [9.17, 15) is 14.0 Å². The Morgan fingerprint density at radius 2 is 1.76 bits per heavy atom. The molecule has 5 aromatic rings. The number of aryl methyl sites for hydroxylation is 2. The molecule has 0 aliphatic rings. The number of nitrogens with zero attached hydrogens (tertiary/aromatic N) is 5. The van der Waals surface area contributed by atoms with Crippen molar-refractivity contribution in [3.05, 3.63) is 94.4 Å². The molecule has 0 saturated heterocycles. The molecule has 0 spiro atoms. The van der Waals surface area contributed by atoms with E-state index in [1.807, 2.05) is 58.0 Å². The lowest BCUT2D eigenvalue weighted by Crippen LogP contribution is -2.23. The number of urea groups is 1. The summed E-state index contributed by atoms with van der Waals surface area (Å²) in [6, 6.07) is 13.7. The molecule has 216 valence electrons. The zero-order valence-electron chi connectivity index (χ0n) is 24.4. The number of nitrogens with one attached hydrogen (secondary N) is 3. The maximum Gasteiger partial charge on any atom is 0.323 e. The molecule has 0 aliphatic heterocycles. The standard InChI is InChI=1S/C31H33FN8O2/c1-18-12-25(32)26(37-30(42)36-22-16-34-40(17-22)31(3,4)5)14-23(18)24-13-21-15-33-29(38-27(21)39(6)28(24)41)35-19(2)20-10-8-7-9-11-20/h7-17,19H,1-6H3,(H,33,35,38)(H2,36,37,42)/t19-/m0/s1. The van der Waals surface area contributed by atoms with E-state index in [-0.39, 0.29) is 22.8 Å². The van der Waals surface area contributed by atoms with E-state index in [1.165, 1.54) is 22.9 Å². The molecule has 0 unspecified atom stereocenters. The second-order valence-electron chi connectivity index (χ2n) is 11.2. The minimum atomic E-state index is -0.637. The molecule has 3 N–H and O–H groups in total. The first kappa shape index (κ1) is 28.5. The molecular weight excluding hydrogens is 535 g/mol. The third kappa shape index (κ3) is 5.85. The maximum absolute atomic E-state index is 14.9. The second-order valence-corrected chi connectivity index (χ2v) is 11.2. The predicted octanol–water partition coefficient (Wildman–Crippen LogP) is 6.21.